The third kappa shape index (κ3) is 3.71. The van der Waals surface area contributed by atoms with Crippen molar-refractivity contribution in [2.75, 3.05) is 18.0 Å². The van der Waals surface area contributed by atoms with Crippen molar-refractivity contribution in [2.45, 2.75) is 18.9 Å². The maximum absolute atomic E-state index is 12.3. The Morgan fingerprint density at radius 1 is 1.39 bits per heavy atom. The number of halogens is 1. The second kappa shape index (κ2) is 6.83. The van der Waals surface area contributed by atoms with Gasteiger partial charge >= 0.3 is 0 Å². The van der Waals surface area contributed by atoms with Gasteiger partial charge in [0, 0.05) is 30.9 Å². The molecule has 120 valence electrons. The van der Waals surface area contributed by atoms with Crippen LogP contribution in [0.2, 0.25) is 5.02 Å². The highest BCUT2D eigenvalue weighted by Gasteiger charge is 2.23. The molecule has 1 aromatic heterocycles. The number of aromatic nitrogens is 2. The van der Waals surface area contributed by atoms with E-state index in [0.717, 1.165) is 25.2 Å². The highest BCUT2D eigenvalue weighted by Crippen LogP contribution is 2.24. The number of carbonyl (C=O) groups is 1. The molecule has 1 aliphatic rings. The van der Waals surface area contributed by atoms with Gasteiger partial charge in [-0.25, -0.2) is 0 Å². The average Bonchev–Trinajstić information content (AvgIpc) is 2.58. The predicted octanol–water partition coefficient (Wildman–Crippen LogP) is 2.23. The van der Waals surface area contributed by atoms with Crippen LogP contribution < -0.4 is 10.2 Å². The number of aromatic hydroxyl groups is 1. The number of amides is 1. The van der Waals surface area contributed by atoms with E-state index < -0.39 is 0 Å². The Labute approximate surface area is 139 Å². The van der Waals surface area contributed by atoms with Crippen molar-refractivity contribution in [1.29, 1.82) is 0 Å². The zero-order valence-corrected chi connectivity index (χ0v) is 13.2. The molecule has 1 atom stereocenters. The van der Waals surface area contributed by atoms with E-state index in [0.29, 0.717) is 12.1 Å². The van der Waals surface area contributed by atoms with Crippen LogP contribution in [0.15, 0.2) is 36.5 Å². The fourth-order valence-corrected chi connectivity index (χ4v) is 2.86. The summed E-state index contributed by atoms with van der Waals surface area (Å²) in [6.45, 7) is 1.59. The zero-order valence-electron chi connectivity index (χ0n) is 12.4. The Morgan fingerprint density at radius 3 is 3.00 bits per heavy atom. The van der Waals surface area contributed by atoms with E-state index >= 15 is 0 Å². The molecule has 1 amide bonds. The molecule has 2 N–H and O–H groups in total. The van der Waals surface area contributed by atoms with Gasteiger partial charge in [-0.1, -0.05) is 11.6 Å². The van der Waals surface area contributed by atoms with Crippen molar-refractivity contribution in [2.24, 2.45) is 0 Å². The van der Waals surface area contributed by atoms with Crippen LogP contribution in [0.5, 0.6) is 5.75 Å². The molecule has 23 heavy (non-hydrogen) atoms. The molecule has 3 rings (SSSR count). The molecule has 0 bridgehead atoms. The SMILES string of the molecule is O=C(N[C@H]1CCCN(c2cccnn2)C1)c1ccc(O)c(Cl)c1. The van der Waals surface area contributed by atoms with E-state index in [9.17, 15) is 9.90 Å². The molecule has 2 heterocycles. The largest absolute Gasteiger partial charge is 0.506 e. The maximum atomic E-state index is 12.3. The molecule has 0 aliphatic carbocycles. The first-order chi connectivity index (χ1) is 11.1. The maximum Gasteiger partial charge on any atom is 0.251 e. The summed E-state index contributed by atoms with van der Waals surface area (Å²) in [5.41, 5.74) is 0.435. The highest BCUT2D eigenvalue weighted by molar-refractivity contribution is 6.32. The minimum atomic E-state index is -0.196. The van der Waals surface area contributed by atoms with E-state index in [1.54, 1.807) is 12.3 Å². The Kier molecular flexibility index (Phi) is 4.62. The van der Waals surface area contributed by atoms with Gasteiger partial charge in [-0.15, -0.1) is 5.10 Å². The molecule has 0 spiro atoms. The second-order valence-corrected chi connectivity index (χ2v) is 5.91. The van der Waals surface area contributed by atoms with Crippen molar-refractivity contribution < 1.29 is 9.90 Å². The number of benzene rings is 1. The lowest BCUT2D eigenvalue weighted by Crippen LogP contribution is -2.48. The van der Waals surface area contributed by atoms with Gasteiger partial charge in [-0.05, 0) is 43.2 Å². The van der Waals surface area contributed by atoms with Crippen LogP contribution in [0.25, 0.3) is 0 Å². The number of rotatable bonds is 3. The van der Waals surface area contributed by atoms with E-state index in [4.69, 9.17) is 11.6 Å². The number of piperidine rings is 1. The third-order valence-corrected chi connectivity index (χ3v) is 4.15. The topological polar surface area (TPSA) is 78.4 Å². The van der Waals surface area contributed by atoms with Gasteiger partial charge in [0.15, 0.2) is 5.82 Å². The van der Waals surface area contributed by atoms with Gasteiger partial charge in [-0.2, -0.15) is 5.10 Å². The monoisotopic (exact) mass is 332 g/mol. The van der Waals surface area contributed by atoms with Crippen LogP contribution in [0, 0.1) is 0 Å². The van der Waals surface area contributed by atoms with Gasteiger partial charge in [-0.3, -0.25) is 4.79 Å². The Morgan fingerprint density at radius 2 is 2.26 bits per heavy atom. The number of anilines is 1. The van der Waals surface area contributed by atoms with Gasteiger partial charge in [0.1, 0.15) is 5.75 Å². The van der Waals surface area contributed by atoms with Crippen LogP contribution in [0.4, 0.5) is 5.82 Å². The molecule has 0 saturated carbocycles. The molecule has 1 aliphatic heterocycles. The summed E-state index contributed by atoms with van der Waals surface area (Å²) in [7, 11) is 0. The van der Waals surface area contributed by atoms with Gasteiger partial charge in [0.2, 0.25) is 0 Å². The Hall–Kier alpha value is -2.34. The summed E-state index contributed by atoms with van der Waals surface area (Å²) in [5, 5.41) is 20.6. The first kappa shape index (κ1) is 15.6. The first-order valence-corrected chi connectivity index (χ1v) is 7.83. The van der Waals surface area contributed by atoms with Crippen LogP contribution in [0.1, 0.15) is 23.2 Å². The lowest BCUT2D eigenvalue weighted by Gasteiger charge is -2.33. The summed E-state index contributed by atoms with van der Waals surface area (Å²) >= 11 is 5.85. The summed E-state index contributed by atoms with van der Waals surface area (Å²) in [6.07, 6.45) is 3.52. The van der Waals surface area contributed by atoms with Crippen LogP contribution in [-0.2, 0) is 0 Å². The molecule has 0 unspecified atom stereocenters. The molecule has 1 saturated heterocycles. The third-order valence-electron chi connectivity index (χ3n) is 3.85. The van der Waals surface area contributed by atoms with Crippen LogP contribution >= 0.6 is 11.6 Å². The fourth-order valence-electron chi connectivity index (χ4n) is 2.68. The minimum Gasteiger partial charge on any atom is -0.506 e. The summed E-state index contributed by atoms with van der Waals surface area (Å²) in [6, 6.07) is 8.24. The van der Waals surface area contributed by atoms with Crippen molar-refractivity contribution in [3.05, 3.63) is 47.1 Å². The Balaban J connectivity index is 1.65. The zero-order chi connectivity index (χ0) is 16.2. The van der Waals surface area contributed by atoms with Crippen molar-refractivity contribution >= 4 is 23.3 Å². The molecular weight excluding hydrogens is 316 g/mol. The van der Waals surface area contributed by atoms with Crippen molar-refractivity contribution in [3.8, 4) is 5.75 Å². The van der Waals surface area contributed by atoms with E-state index in [1.165, 1.54) is 12.1 Å². The molecule has 2 aromatic rings. The van der Waals surface area contributed by atoms with Gasteiger partial charge < -0.3 is 15.3 Å². The molecular formula is C16H17ClN4O2. The number of hydrogen-bond acceptors (Lipinski definition) is 5. The average molecular weight is 333 g/mol. The quantitative estimate of drug-likeness (QED) is 0.901. The lowest BCUT2D eigenvalue weighted by molar-refractivity contribution is 0.0933. The minimum absolute atomic E-state index is 0.0327. The van der Waals surface area contributed by atoms with Gasteiger partial charge in [0.25, 0.3) is 5.91 Å². The Bertz CT molecular complexity index is 696. The van der Waals surface area contributed by atoms with E-state index in [1.807, 2.05) is 12.1 Å². The van der Waals surface area contributed by atoms with Crippen LogP contribution in [-0.4, -0.2) is 40.3 Å². The standard InChI is InChI=1S/C16H17ClN4O2/c17-13-9-11(5-6-14(13)22)16(23)19-12-3-2-8-21(10-12)15-4-1-7-18-20-15/h1,4-7,9,12,22H,2-3,8,10H2,(H,19,23)/t12-/m0/s1. The predicted molar refractivity (Wildman–Crippen MR) is 87.9 cm³/mol. The number of hydrogen-bond donors (Lipinski definition) is 2. The highest BCUT2D eigenvalue weighted by atomic mass is 35.5. The normalized spacial score (nSPS) is 17.8. The number of carbonyl (C=O) groups excluding carboxylic acids is 1. The summed E-state index contributed by atoms with van der Waals surface area (Å²) in [4.78, 5) is 14.4. The lowest BCUT2D eigenvalue weighted by atomic mass is 10.0. The molecule has 1 fully saturated rings. The molecule has 7 heteroatoms. The molecule has 0 radical (unpaired) electrons. The first-order valence-electron chi connectivity index (χ1n) is 7.45. The molecule has 6 nitrogen and oxygen atoms in total. The summed E-state index contributed by atoms with van der Waals surface area (Å²) < 4.78 is 0. The number of nitrogens with one attached hydrogen (secondary N) is 1. The van der Waals surface area contributed by atoms with E-state index in [2.05, 4.69) is 20.4 Å². The number of nitrogens with zero attached hydrogens (tertiary/aromatic N) is 3. The van der Waals surface area contributed by atoms with Crippen LogP contribution in [0.3, 0.4) is 0 Å². The number of phenolic OH excluding ortho intramolecular Hbond substituents is 1. The smallest absolute Gasteiger partial charge is 0.251 e. The van der Waals surface area contributed by atoms with E-state index in [-0.39, 0.29) is 22.7 Å². The van der Waals surface area contributed by atoms with Crippen molar-refractivity contribution in [1.82, 2.24) is 15.5 Å². The van der Waals surface area contributed by atoms with Crippen molar-refractivity contribution in [3.63, 3.8) is 0 Å². The van der Waals surface area contributed by atoms with Gasteiger partial charge in [0.05, 0.1) is 5.02 Å². The summed E-state index contributed by atoms with van der Waals surface area (Å²) in [5.74, 6) is 0.590. The second-order valence-electron chi connectivity index (χ2n) is 5.51. The number of phenols is 1. The molecule has 1 aromatic carbocycles. The fraction of sp³-hybridized carbons (Fsp3) is 0.312.